The quantitative estimate of drug-likeness (QED) is 0.574. The van der Waals surface area contributed by atoms with Crippen molar-refractivity contribution < 1.29 is 19.4 Å². The van der Waals surface area contributed by atoms with Crippen LogP contribution in [0, 0.1) is 0 Å². The Morgan fingerprint density at radius 2 is 1.93 bits per heavy atom. The van der Waals surface area contributed by atoms with E-state index < -0.39 is 5.91 Å². The minimum absolute atomic E-state index is 0.110. The molecule has 0 aliphatic carbocycles. The first-order valence-electron chi connectivity index (χ1n) is 8.32. The molecule has 0 spiro atoms. The highest BCUT2D eigenvalue weighted by Gasteiger charge is 2.17. The van der Waals surface area contributed by atoms with Crippen LogP contribution in [-0.2, 0) is 0 Å². The molecule has 7 nitrogen and oxygen atoms in total. The number of aromatic hydroxyl groups is 1. The van der Waals surface area contributed by atoms with Crippen LogP contribution in [0.2, 0.25) is 0 Å². The van der Waals surface area contributed by atoms with Crippen LogP contribution >= 0.6 is 0 Å². The SMILES string of the molecule is CCOc1ccnc(C(=O)Nc2ccc(Oc3cccc(N)c3)cc2)c1O. The lowest BCUT2D eigenvalue weighted by molar-refractivity contribution is 0.101. The van der Waals surface area contributed by atoms with E-state index in [4.69, 9.17) is 15.2 Å². The zero-order valence-corrected chi connectivity index (χ0v) is 14.7. The molecule has 0 radical (unpaired) electrons. The standard InChI is InChI=1S/C20H19N3O4/c1-2-26-17-10-11-22-18(19(17)24)20(25)23-14-6-8-15(9-7-14)27-16-5-3-4-13(21)12-16/h3-12,24H,2,21H2,1H3,(H,23,25). The lowest BCUT2D eigenvalue weighted by Crippen LogP contribution is -2.14. The summed E-state index contributed by atoms with van der Waals surface area (Å²) in [5.74, 6) is 0.590. The summed E-state index contributed by atoms with van der Waals surface area (Å²) in [4.78, 5) is 16.3. The van der Waals surface area contributed by atoms with Crippen LogP contribution in [0.4, 0.5) is 11.4 Å². The molecule has 1 amide bonds. The molecule has 1 heterocycles. The first kappa shape index (κ1) is 18.1. The van der Waals surface area contributed by atoms with E-state index >= 15 is 0 Å². The lowest BCUT2D eigenvalue weighted by Gasteiger charge is -2.10. The number of nitrogens with zero attached hydrogens (tertiary/aromatic N) is 1. The number of hydrogen-bond acceptors (Lipinski definition) is 6. The van der Waals surface area contributed by atoms with E-state index in [1.165, 1.54) is 12.3 Å². The maximum atomic E-state index is 12.4. The van der Waals surface area contributed by atoms with Gasteiger partial charge in [0, 0.05) is 29.7 Å². The highest BCUT2D eigenvalue weighted by atomic mass is 16.5. The number of benzene rings is 2. The van der Waals surface area contributed by atoms with E-state index in [2.05, 4.69) is 10.3 Å². The van der Waals surface area contributed by atoms with Crippen LogP contribution in [0.25, 0.3) is 0 Å². The van der Waals surface area contributed by atoms with E-state index in [9.17, 15) is 9.90 Å². The van der Waals surface area contributed by atoms with E-state index in [0.717, 1.165) is 0 Å². The van der Waals surface area contributed by atoms with Crippen molar-refractivity contribution in [2.45, 2.75) is 6.92 Å². The molecule has 7 heteroatoms. The average molecular weight is 365 g/mol. The predicted octanol–water partition coefficient (Wildman–Crippen LogP) is 3.81. The Morgan fingerprint density at radius 3 is 2.63 bits per heavy atom. The monoisotopic (exact) mass is 365 g/mol. The smallest absolute Gasteiger partial charge is 0.278 e. The molecule has 0 bridgehead atoms. The van der Waals surface area contributed by atoms with Crippen LogP contribution in [0.3, 0.4) is 0 Å². The van der Waals surface area contributed by atoms with E-state index in [-0.39, 0.29) is 17.2 Å². The van der Waals surface area contributed by atoms with Gasteiger partial charge in [0.25, 0.3) is 5.91 Å². The van der Waals surface area contributed by atoms with E-state index in [1.807, 2.05) is 0 Å². The Balaban J connectivity index is 1.69. The average Bonchev–Trinajstić information content (AvgIpc) is 2.65. The molecular formula is C20H19N3O4. The second-order valence-corrected chi connectivity index (χ2v) is 5.59. The Bertz CT molecular complexity index is 942. The maximum Gasteiger partial charge on any atom is 0.278 e. The van der Waals surface area contributed by atoms with Crippen molar-refractivity contribution in [3.8, 4) is 23.0 Å². The van der Waals surface area contributed by atoms with Gasteiger partial charge in [-0.05, 0) is 43.3 Å². The normalized spacial score (nSPS) is 10.3. The summed E-state index contributed by atoms with van der Waals surface area (Å²) in [5.41, 5.74) is 6.76. The predicted molar refractivity (Wildman–Crippen MR) is 102 cm³/mol. The van der Waals surface area contributed by atoms with Crippen LogP contribution in [0.15, 0.2) is 60.8 Å². The number of carbonyl (C=O) groups is 1. The van der Waals surface area contributed by atoms with Gasteiger partial charge < -0.3 is 25.6 Å². The first-order valence-corrected chi connectivity index (χ1v) is 8.32. The Hall–Kier alpha value is -3.74. The number of nitrogen functional groups attached to an aromatic ring is 1. The molecule has 3 aromatic rings. The first-order chi connectivity index (χ1) is 13.1. The van der Waals surface area contributed by atoms with Gasteiger partial charge in [-0.25, -0.2) is 4.98 Å². The van der Waals surface area contributed by atoms with Crippen molar-refractivity contribution in [2.75, 3.05) is 17.7 Å². The Morgan fingerprint density at radius 1 is 1.15 bits per heavy atom. The van der Waals surface area contributed by atoms with Crippen molar-refractivity contribution in [3.63, 3.8) is 0 Å². The highest BCUT2D eigenvalue weighted by molar-refractivity contribution is 6.05. The van der Waals surface area contributed by atoms with Gasteiger partial charge in [-0.2, -0.15) is 0 Å². The number of ether oxygens (including phenoxy) is 2. The van der Waals surface area contributed by atoms with Crippen LogP contribution < -0.4 is 20.5 Å². The molecule has 0 aliphatic heterocycles. The fourth-order valence-electron chi connectivity index (χ4n) is 2.39. The van der Waals surface area contributed by atoms with Gasteiger partial charge in [-0.1, -0.05) is 6.07 Å². The number of nitrogens with two attached hydrogens (primary N) is 1. The molecule has 0 saturated carbocycles. The van der Waals surface area contributed by atoms with Gasteiger partial charge in [0.15, 0.2) is 17.2 Å². The topological polar surface area (TPSA) is 107 Å². The second-order valence-electron chi connectivity index (χ2n) is 5.59. The fourth-order valence-corrected chi connectivity index (χ4v) is 2.39. The summed E-state index contributed by atoms with van der Waals surface area (Å²) < 4.78 is 11.0. The molecule has 0 saturated heterocycles. The molecule has 2 aromatic carbocycles. The van der Waals surface area contributed by atoms with Crippen molar-refractivity contribution in [2.24, 2.45) is 0 Å². The number of amides is 1. The van der Waals surface area contributed by atoms with Crippen molar-refractivity contribution in [3.05, 3.63) is 66.5 Å². The van der Waals surface area contributed by atoms with E-state index in [1.54, 1.807) is 55.5 Å². The van der Waals surface area contributed by atoms with Crippen LogP contribution in [0.5, 0.6) is 23.0 Å². The molecule has 4 N–H and O–H groups in total. The second kappa shape index (κ2) is 8.09. The molecule has 0 atom stereocenters. The largest absolute Gasteiger partial charge is 0.503 e. The van der Waals surface area contributed by atoms with E-state index in [0.29, 0.717) is 29.5 Å². The maximum absolute atomic E-state index is 12.4. The third kappa shape index (κ3) is 4.46. The Labute approximate surface area is 156 Å². The fraction of sp³-hybridized carbons (Fsp3) is 0.100. The molecule has 0 unspecified atom stereocenters. The summed E-state index contributed by atoms with van der Waals surface area (Å²) in [6.45, 7) is 2.15. The van der Waals surface area contributed by atoms with Crippen molar-refractivity contribution in [1.29, 1.82) is 0 Å². The number of carbonyl (C=O) groups excluding carboxylic acids is 1. The molecular weight excluding hydrogens is 346 g/mol. The zero-order chi connectivity index (χ0) is 19.2. The summed E-state index contributed by atoms with van der Waals surface area (Å²) in [5, 5.41) is 12.8. The summed E-state index contributed by atoms with van der Waals surface area (Å²) in [6, 6.07) is 15.4. The molecule has 0 aliphatic rings. The van der Waals surface area contributed by atoms with Crippen molar-refractivity contribution in [1.82, 2.24) is 4.98 Å². The summed E-state index contributed by atoms with van der Waals surface area (Å²) in [6.07, 6.45) is 1.40. The third-order valence-electron chi connectivity index (χ3n) is 3.61. The zero-order valence-electron chi connectivity index (χ0n) is 14.7. The van der Waals surface area contributed by atoms with Gasteiger partial charge in [0.05, 0.1) is 6.61 Å². The van der Waals surface area contributed by atoms with Crippen LogP contribution in [0.1, 0.15) is 17.4 Å². The third-order valence-corrected chi connectivity index (χ3v) is 3.61. The number of aromatic nitrogens is 1. The number of anilines is 2. The van der Waals surface area contributed by atoms with Gasteiger partial charge in [-0.3, -0.25) is 4.79 Å². The number of nitrogens with one attached hydrogen (secondary N) is 1. The highest BCUT2D eigenvalue weighted by Crippen LogP contribution is 2.29. The van der Waals surface area contributed by atoms with Crippen molar-refractivity contribution >= 4 is 17.3 Å². The van der Waals surface area contributed by atoms with Crippen LogP contribution in [-0.4, -0.2) is 22.6 Å². The molecule has 138 valence electrons. The molecule has 1 aromatic heterocycles. The van der Waals surface area contributed by atoms with Gasteiger partial charge in [-0.15, -0.1) is 0 Å². The Kier molecular flexibility index (Phi) is 5.41. The van der Waals surface area contributed by atoms with Gasteiger partial charge in [0.1, 0.15) is 11.5 Å². The minimum Gasteiger partial charge on any atom is -0.503 e. The number of rotatable bonds is 6. The summed E-state index contributed by atoms with van der Waals surface area (Å²) in [7, 11) is 0. The molecule has 0 fully saturated rings. The molecule has 27 heavy (non-hydrogen) atoms. The van der Waals surface area contributed by atoms with Gasteiger partial charge in [0.2, 0.25) is 0 Å². The minimum atomic E-state index is -0.543. The lowest BCUT2D eigenvalue weighted by atomic mass is 10.2. The molecule has 3 rings (SSSR count). The van der Waals surface area contributed by atoms with Gasteiger partial charge >= 0.3 is 0 Å². The number of pyridine rings is 1. The number of hydrogen-bond donors (Lipinski definition) is 3. The summed E-state index contributed by atoms with van der Waals surface area (Å²) >= 11 is 0.